The van der Waals surface area contributed by atoms with E-state index >= 15 is 0 Å². The molecule has 0 radical (unpaired) electrons. The first-order valence-corrected chi connectivity index (χ1v) is 8.18. The highest BCUT2D eigenvalue weighted by molar-refractivity contribution is 14.0. The quantitative estimate of drug-likeness (QED) is 0.302. The molecule has 7 heteroatoms. The van der Waals surface area contributed by atoms with E-state index in [-0.39, 0.29) is 35.8 Å². The standard InChI is InChI=1S/C18H26N4O2.HI/c1-13(2)17(23)20-9-10-21-18(19-3)22(4)12-15-11-14-7-5-6-8-16(14)24-15;/h5-8,11,13H,9-10,12H2,1-4H3,(H,19,21)(H,20,23);1H. The van der Waals surface area contributed by atoms with Crippen LogP contribution in [0.2, 0.25) is 0 Å². The van der Waals surface area contributed by atoms with Crippen LogP contribution < -0.4 is 10.6 Å². The van der Waals surface area contributed by atoms with Gasteiger partial charge in [-0.1, -0.05) is 32.0 Å². The molecule has 0 fully saturated rings. The van der Waals surface area contributed by atoms with Crippen molar-refractivity contribution in [2.24, 2.45) is 10.9 Å². The summed E-state index contributed by atoms with van der Waals surface area (Å²) in [4.78, 5) is 17.8. The zero-order valence-corrected chi connectivity index (χ0v) is 17.5. The Kier molecular flexibility index (Phi) is 8.74. The van der Waals surface area contributed by atoms with Crippen LogP contribution in [0.5, 0.6) is 0 Å². The molecule has 2 N–H and O–H groups in total. The predicted molar refractivity (Wildman–Crippen MR) is 112 cm³/mol. The number of guanidine groups is 1. The monoisotopic (exact) mass is 458 g/mol. The number of furan rings is 1. The van der Waals surface area contributed by atoms with E-state index in [1.165, 1.54) is 0 Å². The van der Waals surface area contributed by atoms with Crippen molar-refractivity contribution in [2.75, 3.05) is 27.2 Å². The third-order valence-corrected chi connectivity index (χ3v) is 3.67. The lowest BCUT2D eigenvalue weighted by atomic mass is 10.2. The van der Waals surface area contributed by atoms with Gasteiger partial charge in [0.1, 0.15) is 11.3 Å². The summed E-state index contributed by atoms with van der Waals surface area (Å²) in [5, 5.41) is 7.21. The van der Waals surface area contributed by atoms with E-state index in [0.717, 1.165) is 22.7 Å². The van der Waals surface area contributed by atoms with Gasteiger partial charge in [-0.15, -0.1) is 24.0 Å². The molecule has 0 aliphatic carbocycles. The van der Waals surface area contributed by atoms with Crippen LogP contribution in [0, 0.1) is 5.92 Å². The maximum Gasteiger partial charge on any atom is 0.222 e. The van der Waals surface area contributed by atoms with Gasteiger partial charge < -0.3 is 20.0 Å². The van der Waals surface area contributed by atoms with Gasteiger partial charge in [0.15, 0.2) is 5.96 Å². The van der Waals surface area contributed by atoms with Gasteiger partial charge in [-0.05, 0) is 12.1 Å². The third kappa shape index (κ3) is 6.22. The Bertz CT molecular complexity index is 679. The summed E-state index contributed by atoms with van der Waals surface area (Å²) in [6.45, 7) is 5.56. The number of para-hydroxylation sites is 1. The maximum atomic E-state index is 11.5. The van der Waals surface area contributed by atoms with Crippen LogP contribution in [0.25, 0.3) is 11.0 Å². The number of halogens is 1. The van der Waals surface area contributed by atoms with Crippen LogP contribution >= 0.6 is 24.0 Å². The first-order valence-electron chi connectivity index (χ1n) is 8.18. The Balaban J connectivity index is 0.00000312. The lowest BCUT2D eigenvalue weighted by Crippen LogP contribution is -2.42. The molecule has 25 heavy (non-hydrogen) atoms. The van der Waals surface area contributed by atoms with Gasteiger partial charge >= 0.3 is 0 Å². The van der Waals surface area contributed by atoms with Crippen LogP contribution in [-0.2, 0) is 11.3 Å². The molecule has 1 aromatic heterocycles. The highest BCUT2D eigenvalue weighted by atomic mass is 127. The molecule has 0 aliphatic rings. The van der Waals surface area contributed by atoms with Crippen LogP contribution in [-0.4, -0.2) is 44.0 Å². The van der Waals surface area contributed by atoms with Crippen molar-refractivity contribution in [1.82, 2.24) is 15.5 Å². The van der Waals surface area contributed by atoms with E-state index in [2.05, 4.69) is 15.6 Å². The molecule has 0 aliphatic heterocycles. The Labute approximate surface area is 166 Å². The van der Waals surface area contributed by atoms with E-state index in [4.69, 9.17) is 4.42 Å². The fourth-order valence-electron chi connectivity index (χ4n) is 2.37. The zero-order chi connectivity index (χ0) is 17.5. The molecule has 6 nitrogen and oxygen atoms in total. The minimum atomic E-state index is 0. The van der Waals surface area contributed by atoms with Gasteiger partial charge in [0.05, 0.1) is 6.54 Å². The van der Waals surface area contributed by atoms with Crippen LogP contribution in [0.3, 0.4) is 0 Å². The van der Waals surface area contributed by atoms with Crippen molar-refractivity contribution < 1.29 is 9.21 Å². The van der Waals surface area contributed by atoms with Crippen molar-refractivity contribution in [1.29, 1.82) is 0 Å². The van der Waals surface area contributed by atoms with E-state index in [1.54, 1.807) is 7.05 Å². The number of rotatable bonds is 6. The summed E-state index contributed by atoms with van der Waals surface area (Å²) in [5.41, 5.74) is 0.889. The molecule has 0 atom stereocenters. The first-order chi connectivity index (χ1) is 11.5. The second-order valence-corrected chi connectivity index (χ2v) is 6.03. The fourth-order valence-corrected chi connectivity index (χ4v) is 2.37. The largest absolute Gasteiger partial charge is 0.459 e. The predicted octanol–water partition coefficient (Wildman–Crippen LogP) is 2.83. The van der Waals surface area contributed by atoms with E-state index in [9.17, 15) is 4.79 Å². The molecular weight excluding hydrogens is 431 g/mol. The minimum absolute atomic E-state index is 0. The lowest BCUT2D eigenvalue weighted by molar-refractivity contribution is -0.123. The normalized spacial score (nSPS) is 11.3. The average molecular weight is 458 g/mol. The van der Waals surface area contributed by atoms with Gasteiger partial charge in [0.25, 0.3) is 0 Å². The van der Waals surface area contributed by atoms with Gasteiger partial charge in [-0.2, -0.15) is 0 Å². The topological polar surface area (TPSA) is 69.9 Å². The number of aliphatic imine (C=N–C) groups is 1. The van der Waals surface area contributed by atoms with Gasteiger partial charge in [-0.3, -0.25) is 9.79 Å². The first kappa shape index (κ1) is 21.3. The molecule has 1 aromatic carbocycles. The van der Waals surface area contributed by atoms with Crippen molar-refractivity contribution in [3.63, 3.8) is 0 Å². The van der Waals surface area contributed by atoms with Crippen LogP contribution in [0.15, 0.2) is 39.7 Å². The SMILES string of the molecule is CN=C(NCCNC(=O)C(C)C)N(C)Cc1cc2ccccc2o1.I. The van der Waals surface area contributed by atoms with Crippen molar-refractivity contribution in [3.05, 3.63) is 36.1 Å². The van der Waals surface area contributed by atoms with Crippen molar-refractivity contribution in [3.8, 4) is 0 Å². The Hall–Kier alpha value is -1.77. The molecule has 2 aromatic rings. The van der Waals surface area contributed by atoms with E-state index in [0.29, 0.717) is 19.6 Å². The van der Waals surface area contributed by atoms with Crippen molar-refractivity contribution >= 4 is 46.8 Å². The second-order valence-electron chi connectivity index (χ2n) is 6.03. The van der Waals surface area contributed by atoms with Gasteiger partial charge in [-0.25, -0.2) is 0 Å². The summed E-state index contributed by atoms with van der Waals surface area (Å²) in [7, 11) is 3.69. The summed E-state index contributed by atoms with van der Waals surface area (Å²) in [5.74, 6) is 1.70. The van der Waals surface area contributed by atoms with Crippen LogP contribution in [0.4, 0.5) is 0 Å². The molecule has 0 saturated heterocycles. The highest BCUT2D eigenvalue weighted by Gasteiger charge is 2.10. The fraction of sp³-hybridized carbons (Fsp3) is 0.444. The number of hydrogen-bond acceptors (Lipinski definition) is 3. The number of benzene rings is 1. The highest BCUT2D eigenvalue weighted by Crippen LogP contribution is 2.19. The van der Waals surface area contributed by atoms with E-state index in [1.807, 2.05) is 56.1 Å². The molecule has 0 saturated carbocycles. The van der Waals surface area contributed by atoms with Crippen molar-refractivity contribution in [2.45, 2.75) is 20.4 Å². The van der Waals surface area contributed by atoms with Gasteiger partial charge in [0, 0.05) is 38.5 Å². The summed E-state index contributed by atoms with van der Waals surface area (Å²) in [6, 6.07) is 10.0. The number of nitrogens with one attached hydrogen (secondary N) is 2. The molecular formula is C18H27IN4O2. The summed E-state index contributed by atoms with van der Waals surface area (Å²) < 4.78 is 5.84. The Morgan fingerprint density at radius 1 is 1.24 bits per heavy atom. The summed E-state index contributed by atoms with van der Waals surface area (Å²) in [6.07, 6.45) is 0. The van der Waals surface area contributed by atoms with Gasteiger partial charge in [0.2, 0.25) is 5.91 Å². The molecule has 1 amide bonds. The Morgan fingerprint density at radius 2 is 1.92 bits per heavy atom. The zero-order valence-electron chi connectivity index (χ0n) is 15.2. The lowest BCUT2D eigenvalue weighted by Gasteiger charge is -2.21. The second kappa shape index (κ2) is 10.3. The Morgan fingerprint density at radius 3 is 2.56 bits per heavy atom. The molecule has 0 bridgehead atoms. The number of carbonyl (C=O) groups excluding carboxylic acids is 1. The molecule has 1 heterocycles. The number of fused-ring (bicyclic) bond motifs is 1. The third-order valence-electron chi connectivity index (χ3n) is 3.67. The average Bonchev–Trinajstić information content (AvgIpc) is 2.96. The number of carbonyl (C=O) groups is 1. The molecule has 2 rings (SSSR count). The van der Waals surface area contributed by atoms with Crippen LogP contribution in [0.1, 0.15) is 19.6 Å². The minimum Gasteiger partial charge on any atom is -0.459 e. The number of amides is 1. The number of nitrogens with zero attached hydrogens (tertiary/aromatic N) is 2. The molecule has 138 valence electrons. The maximum absolute atomic E-state index is 11.5. The number of hydrogen-bond donors (Lipinski definition) is 2. The van der Waals surface area contributed by atoms with E-state index < -0.39 is 0 Å². The summed E-state index contributed by atoms with van der Waals surface area (Å²) >= 11 is 0. The molecule has 0 spiro atoms. The smallest absolute Gasteiger partial charge is 0.222 e. The molecule has 0 unspecified atom stereocenters.